The van der Waals surface area contributed by atoms with Crippen molar-refractivity contribution in [2.24, 2.45) is 0 Å². The summed E-state index contributed by atoms with van der Waals surface area (Å²) in [7, 11) is 0. The molecule has 1 aromatic heterocycles. The van der Waals surface area contributed by atoms with E-state index in [2.05, 4.69) is 34.6 Å². The Hall–Kier alpha value is -3.02. The lowest BCUT2D eigenvalue weighted by atomic mass is 9.68. The normalized spacial score (nSPS) is 15.9. The average Bonchev–Trinajstić information content (AvgIpc) is 2.74. The van der Waals surface area contributed by atoms with Crippen molar-refractivity contribution in [3.63, 3.8) is 0 Å². The van der Waals surface area contributed by atoms with Gasteiger partial charge in [0.1, 0.15) is 11.3 Å². The van der Waals surface area contributed by atoms with Crippen molar-refractivity contribution < 1.29 is 9.18 Å². The molecule has 0 bridgehead atoms. The van der Waals surface area contributed by atoms with Gasteiger partial charge < -0.3 is 5.32 Å². The summed E-state index contributed by atoms with van der Waals surface area (Å²) in [5.74, 6) is -1.10. The third-order valence-corrected chi connectivity index (χ3v) is 6.08. The van der Waals surface area contributed by atoms with Crippen LogP contribution in [0.5, 0.6) is 0 Å². The molecule has 150 valence electrons. The SMILES string of the molecule is Cc1ccccc1C1(CNC(=O)c2n[nH]c3c(F)cccc3c2=O)CCCCC1. The van der Waals surface area contributed by atoms with Crippen LogP contribution in [0, 0.1) is 12.7 Å². The zero-order valence-electron chi connectivity index (χ0n) is 16.4. The van der Waals surface area contributed by atoms with Crippen LogP contribution in [0.4, 0.5) is 4.39 Å². The summed E-state index contributed by atoms with van der Waals surface area (Å²) in [4.78, 5) is 25.5. The molecule has 0 atom stereocenters. The molecule has 1 aliphatic carbocycles. The molecule has 0 aliphatic heterocycles. The van der Waals surface area contributed by atoms with Crippen LogP contribution in [0.15, 0.2) is 47.3 Å². The van der Waals surface area contributed by atoms with E-state index in [0.717, 1.165) is 25.7 Å². The summed E-state index contributed by atoms with van der Waals surface area (Å²) in [5.41, 5.74) is 1.53. The number of aromatic nitrogens is 2. The van der Waals surface area contributed by atoms with Crippen LogP contribution < -0.4 is 10.7 Å². The van der Waals surface area contributed by atoms with Gasteiger partial charge in [-0.25, -0.2) is 4.39 Å². The number of carbonyl (C=O) groups excluding carboxylic acids is 1. The van der Waals surface area contributed by atoms with E-state index in [4.69, 9.17) is 0 Å². The Morgan fingerprint density at radius 2 is 1.90 bits per heavy atom. The predicted octanol–water partition coefficient (Wildman–Crippen LogP) is 4.00. The van der Waals surface area contributed by atoms with Crippen molar-refractivity contribution in [3.05, 3.63) is 75.3 Å². The zero-order chi connectivity index (χ0) is 20.4. The van der Waals surface area contributed by atoms with Gasteiger partial charge in [0.05, 0.1) is 5.39 Å². The Balaban J connectivity index is 1.63. The fraction of sp³-hybridized carbons (Fsp3) is 0.348. The van der Waals surface area contributed by atoms with E-state index in [0.29, 0.717) is 6.54 Å². The van der Waals surface area contributed by atoms with Crippen LogP contribution in [0.3, 0.4) is 0 Å². The first-order chi connectivity index (χ1) is 14.0. The maximum absolute atomic E-state index is 13.9. The third kappa shape index (κ3) is 3.55. The van der Waals surface area contributed by atoms with Gasteiger partial charge in [0.15, 0.2) is 5.69 Å². The molecule has 3 aromatic rings. The molecule has 1 aliphatic rings. The van der Waals surface area contributed by atoms with E-state index < -0.39 is 17.2 Å². The highest BCUT2D eigenvalue weighted by atomic mass is 19.1. The highest BCUT2D eigenvalue weighted by molar-refractivity contribution is 5.95. The monoisotopic (exact) mass is 393 g/mol. The molecule has 4 rings (SSSR count). The van der Waals surface area contributed by atoms with Crippen molar-refractivity contribution in [1.82, 2.24) is 15.5 Å². The van der Waals surface area contributed by atoms with Gasteiger partial charge in [-0.3, -0.25) is 14.7 Å². The first kappa shape index (κ1) is 19.3. The van der Waals surface area contributed by atoms with E-state index in [9.17, 15) is 14.0 Å². The fourth-order valence-electron chi connectivity index (χ4n) is 4.54. The van der Waals surface area contributed by atoms with E-state index in [1.165, 1.54) is 35.7 Å². The number of carbonyl (C=O) groups is 1. The van der Waals surface area contributed by atoms with Gasteiger partial charge in [0.25, 0.3) is 5.91 Å². The minimum atomic E-state index is -0.570. The second-order valence-corrected chi connectivity index (χ2v) is 7.90. The third-order valence-electron chi connectivity index (χ3n) is 6.08. The number of halogens is 1. The molecule has 2 N–H and O–H groups in total. The average molecular weight is 393 g/mol. The number of aryl methyl sites for hydroxylation is 1. The number of aromatic amines is 1. The highest BCUT2D eigenvalue weighted by Crippen LogP contribution is 2.40. The fourth-order valence-corrected chi connectivity index (χ4v) is 4.54. The molecule has 2 aromatic carbocycles. The molecule has 5 nitrogen and oxygen atoms in total. The molecule has 1 fully saturated rings. The van der Waals surface area contributed by atoms with Gasteiger partial charge in [0, 0.05) is 12.0 Å². The summed E-state index contributed by atoms with van der Waals surface area (Å²) < 4.78 is 13.9. The van der Waals surface area contributed by atoms with Crippen molar-refractivity contribution >= 4 is 16.8 Å². The van der Waals surface area contributed by atoms with Crippen molar-refractivity contribution in [2.75, 3.05) is 6.54 Å². The van der Waals surface area contributed by atoms with Crippen molar-refractivity contribution in [1.29, 1.82) is 0 Å². The first-order valence-corrected chi connectivity index (χ1v) is 10.0. The number of para-hydroxylation sites is 1. The quantitative estimate of drug-likeness (QED) is 0.703. The van der Waals surface area contributed by atoms with Gasteiger partial charge in [-0.15, -0.1) is 0 Å². The summed E-state index contributed by atoms with van der Waals surface area (Å²) in [6, 6.07) is 12.5. The van der Waals surface area contributed by atoms with E-state index in [1.807, 2.05) is 12.1 Å². The van der Waals surface area contributed by atoms with Crippen LogP contribution in [0.25, 0.3) is 10.9 Å². The second-order valence-electron chi connectivity index (χ2n) is 7.90. The van der Waals surface area contributed by atoms with Gasteiger partial charge in [0.2, 0.25) is 5.43 Å². The number of rotatable bonds is 4. The first-order valence-electron chi connectivity index (χ1n) is 10.0. The molecular weight excluding hydrogens is 369 g/mol. The Morgan fingerprint density at radius 1 is 1.14 bits per heavy atom. The Bertz CT molecular complexity index is 1120. The summed E-state index contributed by atoms with van der Waals surface area (Å²) in [6.45, 7) is 2.54. The highest BCUT2D eigenvalue weighted by Gasteiger charge is 2.35. The van der Waals surface area contributed by atoms with Crippen LogP contribution >= 0.6 is 0 Å². The molecule has 6 heteroatoms. The predicted molar refractivity (Wildman–Crippen MR) is 111 cm³/mol. The number of nitrogens with one attached hydrogen (secondary N) is 2. The van der Waals surface area contributed by atoms with Crippen molar-refractivity contribution in [2.45, 2.75) is 44.4 Å². The number of H-pyrrole nitrogens is 1. The minimum absolute atomic E-state index is 0.0118. The molecular formula is C23H24FN3O2. The van der Waals surface area contributed by atoms with E-state index >= 15 is 0 Å². The molecule has 0 saturated heterocycles. The van der Waals surface area contributed by atoms with E-state index in [1.54, 1.807) is 0 Å². The molecule has 1 heterocycles. The Kier molecular flexibility index (Phi) is 5.18. The lowest BCUT2D eigenvalue weighted by Gasteiger charge is -2.39. The molecule has 1 amide bonds. The second kappa shape index (κ2) is 7.78. The Morgan fingerprint density at radius 3 is 2.66 bits per heavy atom. The minimum Gasteiger partial charge on any atom is -0.350 e. The zero-order valence-corrected chi connectivity index (χ0v) is 16.4. The van der Waals surface area contributed by atoms with Gasteiger partial charge in [-0.2, -0.15) is 5.10 Å². The van der Waals surface area contributed by atoms with Crippen LogP contribution in [0.1, 0.15) is 53.7 Å². The number of hydrogen-bond acceptors (Lipinski definition) is 3. The standard InChI is InChI=1S/C23H24FN3O2/c1-15-8-3-4-10-17(15)23(12-5-2-6-13-23)14-25-22(29)20-21(28)16-9-7-11-18(24)19(16)26-27-20/h3-4,7-11H,2,5-6,12-14H2,1H3,(H,25,29)(H,26,28). The number of nitrogens with zero attached hydrogens (tertiary/aromatic N) is 1. The summed E-state index contributed by atoms with van der Waals surface area (Å²) >= 11 is 0. The number of amides is 1. The molecule has 1 saturated carbocycles. The molecule has 0 radical (unpaired) electrons. The van der Waals surface area contributed by atoms with Crippen LogP contribution in [-0.2, 0) is 5.41 Å². The topological polar surface area (TPSA) is 74.8 Å². The van der Waals surface area contributed by atoms with Crippen LogP contribution in [0.2, 0.25) is 0 Å². The summed E-state index contributed by atoms with van der Waals surface area (Å²) in [6.07, 6.45) is 5.39. The smallest absolute Gasteiger partial charge is 0.275 e. The summed E-state index contributed by atoms with van der Waals surface area (Å²) in [5, 5.41) is 9.43. The van der Waals surface area contributed by atoms with Crippen molar-refractivity contribution in [3.8, 4) is 0 Å². The number of fused-ring (bicyclic) bond motifs is 1. The van der Waals surface area contributed by atoms with E-state index in [-0.39, 0.29) is 22.0 Å². The largest absolute Gasteiger partial charge is 0.350 e. The maximum Gasteiger partial charge on any atom is 0.275 e. The molecule has 0 unspecified atom stereocenters. The van der Waals surface area contributed by atoms with Gasteiger partial charge in [-0.05, 0) is 43.0 Å². The van der Waals surface area contributed by atoms with Gasteiger partial charge >= 0.3 is 0 Å². The number of benzene rings is 2. The maximum atomic E-state index is 13.9. The molecule has 0 spiro atoms. The lowest BCUT2D eigenvalue weighted by Crippen LogP contribution is -2.44. The van der Waals surface area contributed by atoms with Gasteiger partial charge in [-0.1, -0.05) is 49.6 Å². The Labute approximate surface area is 168 Å². The lowest BCUT2D eigenvalue weighted by molar-refractivity contribution is 0.0929. The molecule has 29 heavy (non-hydrogen) atoms. The van der Waals surface area contributed by atoms with Crippen LogP contribution in [-0.4, -0.2) is 22.6 Å². The number of hydrogen-bond donors (Lipinski definition) is 2.